The van der Waals surface area contributed by atoms with Crippen LogP contribution in [-0.4, -0.2) is 55.2 Å². The van der Waals surface area contributed by atoms with E-state index in [4.69, 9.17) is 14.2 Å². The first-order chi connectivity index (χ1) is 15.3. The van der Waals surface area contributed by atoms with E-state index in [0.717, 1.165) is 0 Å². The summed E-state index contributed by atoms with van der Waals surface area (Å²) < 4.78 is 30.9. The van der Waals surface area contributed by atoms with E-state index < -0.39 is 29.3 Å². The number of likely N-dealkylation sites (tertiary alicyclic amines) is 1. The largest absolute Gasteiger partial charge is 0.507 e. The monoisotopic (exact) mass is 443 g/mol. The molecule has 8 heteroatoms. The minimum absolute atomic E-state index is 0.0494. The van der Waals surface area contributed by atoms with Crippen LogP contribution in [0.25, 0.3) is 5.76 Å². The maximum atomic E-state index is 14.8. The van der Waals surface area contributed by atoms with Crippen molar-refractivity contribution < 1.29 is 33.3 Å². The highest BCUT2D eigenvalue weighted by Gasteiger charge is 2.47. The van der Waals surface area contributed by atoms with Crippen molar-refractivity contribution in [3.8, 4) is 11.5 Å². The number of carbonyl (C=O) groups excluding carboxylic acids is 2. The summed E-state index contributed by atoms with van der Waals surface area (Å²) in [6.07, 6.45) is -0.0835. The van der Waals surface area contributed by atoms with Crippen LogP contribution in [-0.2, 0) is 14.3 Å². The molecule has 1 unspecified atom stereocenters. The standard InChI is InChI=1S/C24H26FNO6/c1-14(2)32-12-11-26-21(16-7-5-6-8-18(16)25)20(23(28)24(26)29)22(27)17-13-15(30-3)9-10-19(17)31-4/h5-10,13-14,21,27H,11-12H2,1-4H3/b22-20+. The zero-order valence-electron chi connectivity index (χ0n) is 18.4. The van der Waals surface area contributed by atoms with Gasteiger partial charge in [-0.25, -0.2) is 4.39 Å². The highest BCUT2D eigenvalue weighted by molar-refractivity contribution is 6.46. The average Bonchev–Trinajstić information content (AvgIpc) is 3.03. The molecule has 0 radical (unpaired) electrons. The van der Waals surface area contributed by atoms with E-state index in [1.807, 2.05) is 13.8 Å². The second-order valence-corrected chi connectivity index (χ2v) is 7.50. The lowest BCUT2D eigenvalue weighted by atomic mass is 9.94. The first kappa shape index (κ1) is 23.3. The number of rotatable bonds is 8. The fourth-order valence-electron chi connectivity index (χ4n) is 3.66. The van der Waals surface area contributed by atoms with Crippen LogP contribution in [0.1, 0.15) is 31.0 Å². The van der Waals surface area contributed by atoms with Crippen LogP contribution in [0.3, 0.4) is 0 Å². The lowest BCUT2D eigenvalue weighted by molar-refractivity contribution is -0.140. The summed E-state index contributed by atoms with van der Waals surface area (Å²) in [7, 11) is 2.87. The van der Waals surface area contributed by atoms with Crippen LogP contribution < -0.4 is 9.47 Å². The molecule has 0 saturated carbocycles. The molecule has 0 aliphatic carbocycles. The number of hydrogen-bond donors (Lipinski definition) is 1. The quantitative estimate of drug-likeness (QED) is 0.381. The Bertz CT molecular complexity index is 1050. The van der Waals surface area contributed by atoms with Crippen molar-refractivity contribution in [1.82, 2.24) is 4.90 Å². The van der Waals surface area contributed by atoms with E-state index in [0.29, 0.717) is 5.75 Å². The lowest BCUT2D eigenvalue weighted by Crippen LogP contribution is -2.33. The maximum Gasteiger partial charge on any atom is 0.295 e. The van der Waals surface area contributed by atoms with E-state index in [9.17, 15) is 19.1 Å². The number of carbonyl (C=O) groups is 2. The summed E-state index contributed by atoms with van der Waals surface area (Å²) in [5, 5.41) is 11.2. The van der Waals surface area contributed by atoms with E-state index in [-0.39, 0.29) is 41.7 Å². The van der Waals surface area contributed by atoms with Gasteiger partial charge in [-0.1, -0.05) is 18.2 Å². The Morgan fingerprint density at radius 2 is 1.84 bits per heavy atom. The number of hydrogen-bond acceptors (Lipinski definition) is 6. The number of nitrogens with zero attached hydrogens (tertiary/aromatic N) is 1. The summed E-state index contributed by atoms with van der Waals surface area (Å²) in [5.74, 6) is -2.14. The van der Waals surface area contributed by atoms with Gasteiger partial charge in [-0.15, -0.1) is 0 Å². The molecule has 1 N–H and O–H groups in total. The Morgan fingerprint density at radius 3 is 2.47 bits per heavy atom. The van der Waals surface area contributed by atoms with Crippen molar-refractivity contribution in [1.29, 1.82) is 0 Å². The molecule has 1 amide bonds. The highest BCUT2D eigenvalue weighted by Crippen LogP contribution is 2.42. The van der Waals surface area contributed by atoms with Crippen LogP contribution in [0, 0.1) is 5.82 Å². The third-order valence-corrected chi connectivity index (χ3v) is 5.18. The normalized spacial score (nSPS) is 17.8. The number of methoxy groups -OCH3 is 2. The number of aliphatic hydroxyl groups is 1. The van der Waals surface area contributed by atoms with Gasteiger partial charge in [0.05, 0.1) is 44.1 Å². The van der Waals surface area contributed by atoms with E-state index in [1.165, 1.54) is 43.4 Å². The van der Waals surface area contributed by atoms with Gasteiger partial charge >= 0.3 is 0 Å². The first-order valence-corrected chi connectivity index (χ1v) is 10.2. The molecule has 1 fully saturated rings. The van der Waals surface area contributed by atoms with E-state index in [1.54, 1.807) is 18.2 Å². The SMILES string of the molecule is COc1ccc(OC)c(/C(O)=C2\C(=O)C(=O)N(CCOC(C)C)C2c2ccccc2F)c1. The maximum absolute atomic E-state index is 14.8. The van der Waals surface area contributed by atoms with Crippen LogP contribution in [0.4, 0.5) is 4.39 Å². The zero-order chi connectivity index (χ0) is 23.4. The molecule has 7 nitrogen and oxygen atoms in total. The minimum atomic E-state index is -1.12. The molecule has 1 atom stereocenters. The summed E-state index contributed by atoms with van der Waals surface area (Å²) in [6, 6.07) is 9.41. The van der Waals surface area contributed by atoms with E-state index in [2.05, 4.69) is 0 Å². The Hall–Kier alpha value is -3.39. The summed E-state index contributed by atoms with van der Waals surface area (Å²) in [5.41, 5.74) is 0.0282. The van der Waals surface area contributed by atoms with Gasteiger partial charge in [0.25, 0.3) is 11.7 Å². The van der Waals surface area contributed by atoms with Gasteiger partial charge in [-0.2, -0.15) is 0 Å². The van der Waals surface area contributed by atoms with Crippen molar-refractivity contribution in [2.45, 2.75) is 26.0 Å². The van der Waals surface area contributed by atoms with Crippen LogP contribution in [0.2, 0.25) is 0 Å². The van der Waals surface area contributed by atoms with Crippen molar-refractivity contribution >= 4 is 17.4 Å². The number of Topliss-reactive ketones (excluding diaryl/α,β-unsaturated/α-hetero) is 1. The van der Waals surface area contributed by atoms with Crippen molar-refractivity contribution in [2.24, 2.45) is 0 Å². The van der Waals surface area contributed by atoms with Gasteiger partial charge < -0.3 is 24.2 Å². The highest BCUT2D eigenvalue weighted by atomic mass is 19.1. The third-order valence-electron chi connectivity index (χ3n) is 5.18. The molecule has 0 bridgehead atoms. The van der Waals surface area contributed by atoms with Gasteiger partial charge in [-0.05, 0) is 38.1 Å². The van der Waals surface area contributed by atoms with Crippen molar-refractivity contribution in [3.05, 3.63) is 65.0 Å². The minimum Gasteiger partial charge on any atom is -0.507 e. The summed E-state index contributed by atoms with van der Waals surface area (Å²) >= 11 is 0. The van der Waals surface area contributed by atoms with Crippen LogP contribution in [0.15, 0.2) is 48.0 Å². The zero-order valence-corrected chi connectivity index (χ0v) is 18.4. The fourth-order valence-corrected chi connectivity index (χ4v) is 3.66. The summed E-state index contributed by atoms with van der Waals surface area (Å²) in [6.45, 7) is 3.89. The number of benzene rings is 2. The number of aliphatic hydroxyl groups excluding tert-OH is 1. The molecule has 2 aromatic carbocycles. The lowest BCUT2D eigenvalue weighted by Gasteiger charge is -2.26. The molecule has 1 aliphatic heterocycles. The predicted octanol–water partition coefficient (Wildman–Crippen LogP) is 3.69. The van der Waals surface area contributed by atoms with Crippen molar-refractivity contribution in [2.75, 3.05) is 27.4 Å². The number of halogens is 1. The Kier molecular flexibility index (Phi) is 7.15. The smallest absolute Gasteiger partial charge is 0.295 e. The molecular formula is C24H26FNO6. The molecule has 170 valence electrons. The molecule has 0 spiro atoms. The Labute approximate surface area is 186 Å². The van der Waals surface area contributed by atoms with Crippen LogP contribution in [0.5, 0.6) is 11.5 Å². The van der Waals surface area contributed by atoms with Gasteiger partial charge in [0.1, 0.15) is 23.1 Å². The number of ketones is 1. The molecule has 1 saturated heterocycles. The van der Waals surface area contributed by atoms with Gasteiger partial charge in [0, 0.05) is 12.1 Å². The molecule has 1 aliphatic rings. The van der Waals surface area contributed by atoms with Gasteiger partial charge in [0.2, 0.25) is 0 Å². The van der Waals surface area contributed by atoms with Gasteiger partial charge in [-0.3, -0.25) is 9.59 Å². The predicted molar refractivity (Wildman–Crippen MR) is 116 cm³/mol. The molecular weight excluding hydrogens is 417 g/mol. The third kappa shape index (κ3) is 4.45. The molecule has 1 heterocycles. The molecule has 32 heavy (non-hydrogen) atoms. The van der Waals surface area contributed by atoms with Gasteiger partial charge in [0.15, 0.2) is 0 Å². The number of ether oxygens (including phenoxy) is 3. The molecule has 2 aromatic rings. The van der Waals surface area contributed by atoms with E-state index >= 15 is 0 Å². The summed E-state index contributed by atoms with van der Waals surface area (Å²) in [4.78, 5) is 27.2. The molecule has 0 aromatic heterocycles. The average molecular weight is 443 g/mol. The Morgan fingerprint density at radius 1 is 1.12 bits per heavy atom. The fraction of sp³-hybridized carbons (Fsp3) is 0.333. The first-order valence-electron chi connectivity index (χ1n) is 10.2. The second kappa shape index (κ2) is 9.82. The molecule has 3 rings (SSSR count). The number of amides is 1. The van der Waals surface area contributed by atoms with Crippen LogP contribution >= 0.6 is 0 Å². The topological polar surface area (TPSA) is 85.3 Å². The second-order valence-electron chi connectivity index (χ2n) is 7.50. The van der Waals surface area contributed by atoms with Crippen molar-refractivity contribution in [3.63, 3.8) is 0 Å². The Balaban J connectivity index is 2.19.